The Kier molecular flexibility index (Phi) is 14.8. The van der Waals surface area contributed by atoms with E-state index in [1.807, 2.05) is 18.2 Å². The molecule has 1 saturated carbocycles. The molecule has 6 atom stereocenters. The zero-order valence-corrected chi connectivity index (χ0v) is 43.9. The number of rotatable bonds is 14. The highest BCUT2D eigenvalue weighted by Crippen LogP contribution is 2.48. The number of hydrogen-bond donors (Lipinski definition) is 3. The Bertz CT molecular complexity index is 2940. The molecule has 4 aliphatic rings. The summed E-state index contributed by atoms with van der Waals surface area (Å²) in [6.45, 7) is 19.1. The van der Waals surface area contributed by atoms with Crippen LogP contribution in [0.5, 0.6) is 11.5 Å². The minimum absolute atomic E-state index is 0.0475. The van der Waals surface area contributed by atoms with E-state index in [9.17, 15) is 23.3 Å². The molecular weight excluding hydrogens is 954 g/mol. The van der Waals surface area contributed by atoms with Crippen molar-refractivity contribution in [3.8, 4) is 11.5 Å². The number of nitro groups is 1. The lowest BCUT2D eigenvalue weighted by atomic mass is 9.62. The summed E-state index contributed by atoms with van der Waals surface area (Å²) in [5.41, 5.74) is 4.71. The van der Waals surface area contributed by atoms with Crippen LogP contribution >= 0.6 is 11.6 Å². The Morgan fingerprint density at radius 2 is 1.78 bits per heavy atom. The van der Waals surface area contributed by atoms with Gasteiger partial charge in [-0.05, 0) is 129 Å². The van der Waals surface area contributed by atoms with Gasteiger partial charge in [0.2, 0.25) is 0 Å². The van der Waals surface area contributed by atoms with Crippen molar-refractivity contribution in [1.82, 2.24) is 19.6 Å². The van der Waals surface area contributed by atoms with E-state index >= 15 is 0 Å². The number of piperazine rings is 1. The second kappa shape index (κ2) is 20.8. The standard InChI is InChI=1S/C55H68ClN7O8S/c1-34(2)47-16-8-35(3)27-55(47,51-33-69-22-23-70-51)59-48-17-14-44(26-49(48)63(65)66)72(67,68)60-53(64)45-15-13-42(25-50(45)71-43-24-39-19-21-57-52(39)58-29-43)61-30-36(4)62(37(5)31-61)32-40-18-20-54(6,7)28-46(40)38-9-11-41(56)12-10-38/h9-15,17,19,21,24-26,29,34-37,47,51,59H,8,16,18,20,22-23,27-28,30-33H2,1-7H3,(H,57,58)(H,60,64)/t35?,36-,37-,47?,51-,55?/m1/s1. The van der Waals surface area contributed by atoms with Gasteiger partial charge in [0.1, 0.15) is 28.9 Å². The monoisotopic (exact) mass is 1020 g/mol. The number of hydrogen-bond acceptors (Lipinski definition) is 12. The third-order valence-corrected chi connectivity index (χ3v) is 17.2. The van der Waals surface area contributed by atoms with Gasteiger partial charge in [0, 0.05) is 66.1 Å². The lowest BCUT2D eigenvalue weighted by Gasteiger charge is -2.53. The molecule has 0 radical (unpaired) electrons. The number of carbonyl (C=O) groups is 1. The van der Waals surface area contributed by atoms with Crippen LogP contribution in [0.3, 0.4) is 0 Å². The van der Waals surface area contributed by atoms with Crippen molar-refractivity contribution in [3.05, 3.63) is 117 Å². The van der Waals surface area contributed by atoms with Crippen LogP contribution < -0.4 is 19.7 Å². The minimum atomic E-state index is -4.66. The third kappa shape index (κ3) is 10.9. The fourth-order valence-electron chi connectivity index (χ4n) is 11.9. The number of H-pyrrole nitrogens is 1. The van der Waals surface area contributed by atoms with Gasteiger partial charge in [0.15, 0.2) is 0 Å². The molecule has 3 unspecified atom stereocenters. The maximum atomic E-state index is 14.3. The van der Waals surface area contributed by atoms with Gasteiger partial charge in [0.05, 0.1) is 46.9 Å². The van der Waals surface area contributed by atoms with Crippen molar-refractivity contribution in [2.45, 2.75) is 116 Å². The van der Waals surface area contributed by atoms with Gasteiger partial charge in [-0.25, -0.2) is 18.1 Å². The first kappa shape index (κ1) is 51.4. The molecule has 5 aromatic rings. The number of allylic oxidation sites excluding steroid dienone is 1. The van der Waals surface area contributed by atoms with Gasteiger partial charge in [-0.15, -0.1) is 0 Å². The fraction of sp³-hybridized carbons (Fsp3) is 0.491. The van der Waals surface area contributed by atoms with E-state index in [1.54, 1.807) is 30.5 Å². The number of nitro benzene ring substituents is 1. The van der Waals surface area contributed by atoms with E-state index in [1.165, 1.54) is 35.0 Å². The maximum Gasteiger partial charge on any atom is 0.293 e. The van der Waals surface area contributed by atoms with Gasteiger partial charge >= 0.3 is 0 Å². The normalized spacial score (nSPS) is 25.1. The summed E-state index contributed by atoms with van der Waals surface area (Å²) in [5.74, 6) is 0.112. The number of pyridine rings is 1. The number of nitrogens with one attached hydrogen (secondary N) is 3. The van der Waals surface area contributed by atoms with Crippen molar-refractivity contribution in [2.75, 3.05) is 49.7 Å². The van der Waals surface area contributed by atoms with Gasteiger partial charge in [-0.3, -0.25) is 19.8 Å². The predicted molar refractivity (Wildman–Crippen MR) is 282 cm³/mol. The summed E-state index contributed by atoms with van der Waals surface area (Å²) < 4.78 is 49.2. The smallest absolute Gasteiger partial charge is 0.293 e. The first-order valence-corrected chi connectivity index (χ1v) is 27.2. The van der Waals surface area contributed by atoms with Gasteiger partial charge in [-0.2, -0.15) is 0 Å². The second-order valence-corrected chi connectivity index (χ2v) is 23.9. The molecule has 3 fully saturated rings. The summed E-state index contributed by atoms with van der Waals surface area (Å²) in [6.07, 6.45) is 8.65. The quantitative estimate of drug-likeness (QED) is 0.0708. The van der Waals surface area contributed by atoms with Crippen molar-refractivity contribution in [1.29, 1.82) is 0 Å². The van der Waals surface area contributed by atoms with Gasteiger partial charge in [0.25, 0.3) is 21.6 Å². The minimum Gasteiger partial charge on any atom is -0.455 e. The van der Waals surface area contributed by atoms with E-state index in [-0.39, 0.29) is 52.4 Å². The molecule has 3 aromatic carbocycles. The molecule has 2 aliphatic heterocycles. The average Bonchev–Trinajstić information content (AvgIpc) is 3.81. The van der Waals surface area contributed by atoms with Crippen LogP contribution in [0.1, 0.15) is 103 Å². The molecule has 3 N–H and O–H groups in total. The van der Waals surface area contributed by atoms with E-state index < -0.39 is 37.0 Å². The third-order valence-electron chi connectivity index (χ3n) is 15.6. The zero-order valence-electron chi connectivity index (χ0n) is 42.4. The van der Waals surface area contributed by atoms with Crippen LogP contribution in [-0.2, 0) is 19.5 Å². The molecule has 2 aromatic heterocycles. The summed E-state index contributed by atoms with van der Waals surface area (Å²) in [6, 6.07) is 21.0. The molecule has 0 bridgehead atoms. The van der Waals surface area contributed by atoms with Crippen LogP contribution in [-0.4, -0.2) is 97.3 Å². The number of ether oxygens (including phenoxy) is 3. The van der Waals surface area contributed by atoms with Crippen molar-refractivity contribution in [3.63, 3.8) is 0 Å². The van der Waals surface area contributed by atoms with E-state index in [0.29, 0.717) is 56.6 Å². The van der Waals surface area contributed by atoms with Crippen molar-refractivity contribution in [2.24, 2.45) is 23.2 Å². The van der Waals surface area contributed by atoms with Crippen molar-refractivity contribution < 1.29 is 32.3 Å². The number of benzene rings is 3. The number of anilines is 2. The average molecular weight is 1020 g/mol. The number of aromatic amines is 1. The first-order valence-electron chi connectivity index (χ1n) is 25.3. The molecule has 2 aliphatic carbocycles. The van der Waals surface area contributed by atoms with Gasteiger partial charge < -0.3 is 29.4 Å². The molecule has 9 rings (SSSR count). The summed E-state index contributed by atoms with van der Waals surface area (Å²) in [5, 5.41) is 17.9. The van der Waals surface area contributed by atoms with Crippen LogP contribution in [0.15, 0.2) is 95.7 Å². The molecule has 72 heavy (non-hydrogen) atoms. The number of aromatic nitrogens is 2. The Morgan fingerprint density at radius 1 is 1.01 bits per heavy atom. The van der Waals surface area contributed by atoms with E-state index in [2.05, 4.69) is 90.4 Å². The topological polar surface area (TPSA) is 181 Å². The highest BCUT2D eigenvalue weighted by molar-refractivity contribution is 7.90. The maximum absolute atomic E-state index is 14.3. The summed E-state index contributed by atoms with van der Waals surface area (Å²) in [7, 11) is -4.66. The van der Waals surface area contributed by atoms with Crippen LogP contribution in [0, 0.1) is 33.3 Å². The SMILES string of the molecule is CC1CCC(C(C)C)C(Nc2ccc(S(=O)(=O)NC(=O)c3ccc(N4C[C@@H](C)N(CC5=C(c6ccc(Cl)cc6)CC(C)(C)CC5)[C@H](C)C4)cc3Oc3cnc4[nH]ccc4c3)cc2[N+](=O)[O-])([C@H]2COCCO2)C1. The number of nitrogens with zero attached hydrogens (tertiary/aromatic N) is 4. The Labute approximate surface area is 428 Å². The summed E-state index contributed by atoms with van der Waals surface area (Å²) in [4.78, 5) is 38.5. The fourth-order valence-corrected chi connectivity index (χ4v) is 13.0. The molecule has 17 heteroatoms. The zero-order chi connectivity index (χ0) is 51.1. The van der Waals surface area contributed by atoms with E-state index in [4.69, 9.17) is 25.8 Å². The Balaban J connectivity index is 0.983. The highest BCUT2D eigenvalue weighted by atomic mass is 35.5. The molecule has 1 amide bonds. The predicted octanol–water partition coefficient (Wildman–Crippen LogP) is 11.3. The molecule has 384 valence electrons. The molecule has 4 heterocycles. The number of carbonyl (C=O) groups excluding carboxylic acids is 1. The first-order chi connectivity index (χ1) is 34.3. The number of sulfonamides is 1. The summed E-state index contributed by atoms with van der Waals surface area (Å²) >= 11 is 6.30. The lowest BCUT2D eigenvalue weighted by Crippen LogP contribution is -2.62. The van der Waals surface area contributed by atoms with Crippen LogP contribution in [0.2, 0.25) is 5.02 Å². The van der Waals surface area contributed by atoms with Crippen LogP contribution in [0.25, 0.3) is 16.6 Å². The number of amides is 1. The lowest BCUT2D eigenvalue weighted by molar-refractivity contribution is -0.384. The molecular formula is C55H68ClN7O8S. The second-order valence-electron chi connectivity index (χ2n) is 21.8. The largest absolute Gasteiger partial charge is 0.455 e. The number of halogens is 1. The van der Waals surface area contributed by atoms with Crippen LogP contribution in [0.4, 0.5) is 17.1 Å². The van der Waals surface area contributed by atoms with Gasteiger partial charge in [-0.1, -0.05) is 70.3 Å². The Morgan fingerprint density at radius 3 is 2.49 bits per heavy atom. The molecule has 15 nitrogen and oxygen atoms in total. The molecule has 0 spiro atoms. The van der Waals surface area contributed by atoms with E-state index in [0.717, 1.165) is 60.8 Å². The number of fused-ring (bicyclic) bond motifs is 1. The Hall–Kier alpha value is -5.52. The highest BCUT2D eigenvalue weighted by Gasteiger charge is 2.52. The molecule has 2 saturated heterocycles. The van der Waals surface area contributed by atoms with Crippen molar-refractivity contribution >= 4 is 61.2 Å².